The smallest absolute Gasteiger partial charge is 0.328 e. The number of ether oxygens (including phenoxy) is 1. The number of aliphatic carboxylic acids is 1. The normalized spacial score (nSPS) is 13.9. The van der Waals surface area contributed by atoms with E-state index in [9.17, 15) is 4.79 Å². The molecular formula is C25H36O3. The van der Waals surface area contributed by atoms with Crippen molar-refractivity contribution in [1.82, 2.24) is 0 Å². The predicted octanol–water partition coefficient (Wildman–Crippen LogP) is 6.67. The largest absolute Gasteiger partial charge is 0.493 e. The van der Waals surface area contributed by atoms with E-state index in [-0.39, 0.29) is 10.8 Å². The van der Waals surface area contributed by atoms with E-state index in [1.807, 2.05) is 19.1 Å². The fraction of sp³-hybridized carbons (Fsp3) is 0.480. The van der Waals surface area contributed by atoms with Gasteiger partial charge in [0.15, 0.2) is 0 Å². The summed E-state index contributed by atoms with van der Waals surface area (Å²) in [7, 11) is 0. The predicted molar refractivity (Wildman–Crippen MR) is 119 cm³/mol. The van der Waals surface area contributed by atoms with Crippen molar-refractivity contribution in [2.45, 2.75) is 73.1 Å². The van der Waals surface area contributed by atoms with Crippen molar-refractivity contribution in [3.8, 4) is 5.75 Å². The fourth-order valence-electron chi connectivity index (χ4n) is 2.89. The van der Waals surface area contributed by atoms with E-state index in [0.29, 0.717) is 12.2 Å². The molecule has 0 aliphatic carbocycles. The Bertz CT molecular complexity index is 794. The van der Waals surface area contributed by atoms with Gasteiger partial charge in [-0.25, -0.2) is 4.79 Å². The molecule has 0 fully saturated rings. The van der Waals surface area contributed by atoms with Crippen molar-refractivity contribution in [3.05, 3.63) is 58.7 Å². The number of carbonyl (C=O) groups is 1. The maximum Gasteiger partial charge on any atom is 0.328 e. The lowest BCUT2D eigenvalue weighted by molar-refractivity contribution is -0.131. The van der Waals surface area contributed by atoms with Crippen molar-refractivity contribution in [1.29, 1.82) is 0 Å². The van der Waals surface area contributed by atoms with E-state index in [1.165, 1.54) is 17.2 Å². The van der Waals surface area contributed by atoms with Crippen LogP contribution in [0.4, 0.5) is 0 Å². The second kappa shape index (κ2) is 9.27. The molecule has 0 unspecified atom stereocenters. The van der Waals surface area contributed by atoms with Gasteiger partial charge in [-0.3, -0.25) is 0 Å². The fourth-order valence-corrected chi connectivity index (χ4v) is 2.89. The summed E-state index contributed by atoms with van der Waals surface area (Å²) in [5.41, 5.74) is 5.32. The lowest BCUT2D eigenvalue weighted by atomic mass is 9.78. The van der Waals surface area contributed by atoms with Crippen LogP contribution < -0.4 is 4.74 Å². The van der Waals surface area contributed by atoms with Gasteiger partial charge >= 0.3 is 5.97 Å². The number of benzene rings is 1. The molecule has 0 aromatic heterocycles. The summed E-state index contributed by atoms with van der Waals surface area (Å²) in [5.74, 6) is -0.00266. The molecule has 0 spiro atoms. The van der Waals surface area contributed by atoms with E-state index in [2.05, 4.69) is 60.6 Å². The highest BCUT2D eigenvalue weighted by molar-refractivity contribution is 5.81. The van der Waals surface area contributed by atoms with Crippen LogP contribution in [0.2, 0.25) is 0 Å². The third-order valence-corrected chi connectivity index (χ3v) is 4.53. The monoisotopic (exact) mass is 384 g/mol. The summed E-state index contributed by atoms with van der Waals surface area (Å²) in [5, 5.41) is 8.84. The highest BCUT2D eigenvalue weighted by Crippen LogP contribution is 2.41. The van der Waals surface area contributed by atoms with E-state index >= 15 is 0 Å². The Morgan fingerprint density at radius 1 is 1.07 bits per heavy atom. The second-order valence-corrected chi connectivity index (χ2v) is 9.27. The van der Waals surface area contributed by atoms with Crippen LogP contribution in [0, 0.1) is 0 Å². The molecule has 0 aliphatic rings. The minimum absolute atomic E-state index is 0.0242. The first-order valence-corrected chi connectivity index (χ1v) is 9.85. The van der Waals surface area contributed by atoms with Gasteiger partial charge < -0.3 is 9.84 Å². The van der Waals surface area contributed by atoms with Gasteiger partial charge in [0.25, 0.3) is 0 Å². The van der Waals surface area contributed by atoms with E-state index < -0.39 is 5.97 Å². The molecule has 0 atom stereocenters. The van der Waals surface area contributed by atoms with Gasteiger partial charge in [-0.05, 0) is 54.4 Å². The van der Waals surface area contributed by atoms with Gasteiger partial charge in [-0.1, -0.05) is 65.8 Å². The summed E-state index contributed by atoms with van der Waals surface area (Å²) < 4.78 is 6.11. The zero-order valence-electron chi connectivity index (χ0n) is 18.9. The van der Waals surface area contributed by atoms with E-state index in [0.717, 1.165) is 16.9 Å². The number of allylic oxidation sites excluding steroid dienone is 5. The van der Waals surface area contributed by atoms with Crippen molar-refractivity contribution >= 4 is 11.5 Å². The van der Waals surface area contributed by atoms with Crippen molar-refractivity contribution in [3.63, 3.8) is 0 Å². The Morgan fingerprint density at radius 3 is 2.14 bits per heavy atom. The molecule has 0 bridgehead atoms. The molecule has 28 heavy (non-hydrogen) atoms. The minimum atomic E-state index is -0.936. The number of hydrogen-bond donors (Lipinski definition) is 1. The molecule has 1 N–H and O–H groups in total. The van der Waals surface area contributed by atoms with Gasteiger partial charge in [0.2, 0.25) is 0 Å². The molecule has 0 saturated carbocycles. The third-order valence-electron chi connectivity index (χ3n) is 4.53. The van der Waals surface area contributed by atoms with Crippen molar-refractivity contribution in [2.24, 2.45) is 0 Å². The minimum Gasteiger partial charge on any atom is -0.493 e. The number of hydrogen-bond acceptors (Lipinski definition) is 2. The first-order chi connectivity index (χ1) is 12.8. The lowest BCUT2D eigenvalue weighted by Crippen LogP contribution is -2.19. The van der Waals surface area contributed by atoms with Crippen LogP contribution in [-0.2, 0) is 15.6 Å². The molecule has 3 nitrogen and oxygen atoms in total. The molecule has 154 valence electrons. The maximum atomic E-state index is 10.8. The highest BCUT2D eigenvalue weighted by atomic mass is 16.5. The zero-order valence-corrected chi connectivity index (χ0v) is 18.9. The van der Waals surface area contributed by atoms with Gasteiger partial charge in [0, 0.05) is 17.2 Å². The van der Waals surface area contributed by atoms with Crippen molar-refractivity contribution < 1.29 is 14.6 Å². The van der Waals surface area contributed by atoms with Crippen molar-refractivity contribution in [2.75, 3.05) is 6.61 Å². The molecule has 0 amide bonds. The van der Waals surface area contributed by atoms with E-state index in [4.69, 9.17) is 9.84 Å². The Hall–Kier alpha value is -2.29. The van der Waals surface area contributed by atoms with Gasteiger partial charge in [-0.2, -0.15) is 0 Å². The Kier molecular flexibility index (Phi) is 7.86. The number of carboxylic acids is 1. The second-order valence-electron chi connectivity index (χ2n) is 9.27. The zero-order chi connectivity index (χ0) is 21.7. The standard InChI is InChI=1S/C25H36O3/c1-10-28-23-20(18(3)13-11-12-17(2)14-22(26)27)15-19(24(4,5)6)16-21(23)25(7,8)9/h11-16H,10H2,1-9H3,(H,26,27)/b12-11+,17-14+,18-13+. The van der Waals surface area contributed by atoms with Crippen LogP contribution in [-0.4, -0.2) is 17.7 Å². The Balaban J connectivity index is 3.59. The van der Waals surface area contributed by atoms with Crippen LogP contribution in [0.15, 0.2) is 42.0 Å². The molecule has 0 saturated heterocycles. The molecule has 3 heteroatoms. The molecule has 0 aliphatic heterocycles. The van der Waals surface area contributed by atoms with Gasteiger partial charge in [0.05, 0.1) is 6.61 Å². The van der Waals surface area contributed by atoms with Gasteiger partial charge in [0.1, 0.15) is 5.75 Å². The van der Waals surface area contributed by atoms with Crippen LogP contribution in [0.1, 0.15) is 79.0 Å². The van der Waals surface area contributed by atoms with Gasteiger partial charge in [-0.15, -0.1) is 0 Å². The number of carboxylic acid groups (broad SMARTS) is 1. The Labute approximate surface area is 170 Å². The molecule has 0 radical (unpaired) electrons. The van der Waals surface area contributed by atoms with Crippen LogP contribution in [0.25, 0.3) is 5.57 Å². The Morgan fingerprint density at radius 2 is 1.68 bits per heavy atom. The highest BCUT2D eigenvalue weighted by Gasteiger charge is 2.26. The number of rotatable bonds is 6. The molecule has 1 rings (SSSR count). The summed E-state index contributed by atoms with van der Waals surface area (Å²) in [6.07, 6.45) is 6.90. The average Bonchev–Trinajstić information content (AvgIpc) is 2.52. The molecule has 1 aromatic rings. The lowest BCUT2D eigenvalue weighted by Gasteiger charge is -2.29. The third kappa shape index (κ3) is 6.70. The topological polar surface area (TPSA) is 46.5 Å². The van der Waals surface area contributed by atoms with Crippen LogP contribution >= 0.6 is 0 Å². The summed E-state index contributed by atoms with van der Waals surface area (Å²) >= 11 is 0. The molecule has 1 aromatic carbocycles. The summed E-state index contributed by atoms with van der Waals surface area (Å²) in [6, 6.07) is 4.50. The summed E-state index contributed by atoms with van der Waals surface area (Å²) in [6.45, 7) is 19.7. The molecular weight excluding hydrogens is 348 g/mol. The first-order valence-electron chi connectivity index (χ1n) is 9.85. The average molecular weight is 385 g/mol. The SMILES string of the molecule is CCOc1c(/C(C)=C/C=C/C(C)=C/C(=O)O)cc(C(C)(C)C)cc1C(C)(C)C. The molecule has 0 heterocycles. The first kappa shape index (κ1) is 23.7. The summed E-state index contributed by atoms with van der Waals surface area (Å²) in [4.78, 5) is 10.8. The van der Waals surface area contributed by atoms with Crippen LogP contribution in [0.5, 0.6) is 5.75 Å². The quantitative estimate of drug-likeness (QED) is 0.440. The van der Waals surface area contributed by atoms with Crippen LogP contribution in [0.3, 0.4) is 0 Å². The van der Waals surface area contributed by atoms with E-state index in [1.54, 1.807) is 13.0 Å². The maximum absolute atomic E-state index is 10.8.